The zero-order chi connectivity index (χ0) is 14.4. The predicted octanol–water partition coefficient (Wildman–Crippen LogP) is 3.09. The Morgan fingerprint density at radius 3 is 2.15 bits per heavy atom. The predicted molar refractivity (Wildman–Crippen MR) is 83.8 cm³/mol. The molecule has 2 N–H and O–H groups in total. The first-order valence-electron chi connectivity index (χ1n) is 6.34. The summed E-state index contributed by atoms with van der Waals surface area (Å²) in [5.74, 6) is -0.194. The third-order valence-corrected chi connectivity index (χ3v) is 3.96. The maximum atomic E-state index is 12.3. The SMILES string of the molecule is CSC(C(=O)Nc1ccccc1)C(O)c1ccccc1. The molecule has 0 heterocycles. The topological polar surface area (TPSA) is 49.3 Å². The molecule has 0 radical (unpaired) electrons. The van der Waals surface area contributed by atoms with E-state index in [0.717, 1.165) is 11.3 Å². The fourth-order valence-corrected chi connectivity index (χ4v) is 2.63. The van der Waals surface area contributed by atoms with Gasteiger partial charge in [-0.1, -0.05) is 48.5 Å². The number of nitrogens with one attached hydrogen (secondary N) is 1. The number of thioether (sulfide) groups is 1. The van der Waals surface area contributed by atoms with Crippen molar-refractivity contribution in [3.05, 3.63) is 66.2 Å². The van der Waals surface area contributed by atoms with E-state index in [4.69, 9.17) is 0 Å². The molecule has 2 aromatic carbocycles. The molecule has 3 nitrogen and oxygen atoms in total. The second-order valence-electron chi connectivity index (χ2n) is 4.37. The van der Waals surface area contributed by atoms with Crippen molar-refractivity contribution in [3.8, 4) is 0 Å². The Balaban J connectivity index is 2.10. The molecule has 2 aromatic rings. The molecular formula is C16H17NO2S. The Morgan fingerprint density at radius 2 is 1.60 bits per heavy atom. The van der Waals surface area contributed by atoms with Crippen molar-refractivity contribution in [2.24, 2.45) is 0 Å². The van der Waals surface area contributed by atoms with Gasteiger partial charge in [0.05, 0.1) is 6.10 Å². The zero-order valence-corrected chi connectivity index (χ0v) is 12.0. The van der Waals surface area contributed by atoms with Gasteiger partial charge in [-0.25, -0.2) is 0 Å². The van der Waals surface area contributed by atoms with E-state index in [1.165, 1.54) is 11.8 Å². The maximum Gasteiger partial charge on any atom is 0.240 e. The van der Waals surface area contributed by atoms with Crippen LogP contribution >= 0.6 is 11.8 Å². The van der Waals surface area contributed by atoms with Gasteiger partial charge < -0.3 is 10.4 Å². The van der Waals surface area contributed by atoms with Crippen molar-refractivity contribution in [1.82, 2.24) is 0 Å². The van der Waals surface area contributed by atoms with Gasteiger partial charge in [-0.15, -0.1) is 11.8 Å². The lowest BCUT2D eigenvalue weighted by Crippen LogP contribution is -2.30. The van der Waals surface area contributed by atoms with Crippen molar-refractivity contribution in [3.63, 3.8) is 0 Å². The minimum Gasteiger partial charge on any atom is -0.387 e. The van der Waals surface area contributed by atoms with Gasteiger partial charge in [0.15, 0.2) is 0 Å². The van der Waals surface area contributed by atoms with Crippen LogP contribution in [-0.4, -0.2) is 22.5 Å². The molecule has 2 unspecified atom stereocenters. The number of anilines is 1. The molecule has 20 heavy (non-hydrogen) atoms. The van der Waals surface area contributed by atoms with Gasteiger partial charge in [-0.2, -0.15) is 0 Å². The van der Waals surface area contributed by atoms with E-state index in [2.05, 4.69) is 5.32 Å². The first-order chi connectivity index (χ1) is 9.72. The average Bonchev–Trinajstić information content (AvgIpc) is 2.49. The number of carbonyl (C=O) groups is 1. The van der Waals surface area contributed by atoms with Gasteiger partial charge in [0.2, 0.25) is 5.91 Å². The Morgan fingerprint density at radius 1 is 1.05 bits per heavy atom. The van der Waals surface area contributed by atoms with E-state index in [1.54, 1.807) is 0 Å². The van der Waals surface area contributed by atoms with Crippen molar-refractivity contribution >= 4 is 23.4 Å². The van der Waals surface area contributed by atoms with Gasteiger partial charge >= 0.3 is 0 Å². The molecule has 0 aromatic heterocycles. The van der Waals surface area contributed by atoms with Crippen LogP contribution in [-0.2, 0) is 4.79 Å². The number of benzene rings is 2. The van der Waals surface area contributed by atoms with Crippen LogP contribution in [0.25, 0.3) is 0 Å². The lowest BCUT2D eigenvalue weighted by atomic mass is 10.1. The van der Waals surface area contributed by atoms with Crippen molar-refractivity contribution in [1.29, 1.82) is 0 Å². The van der Waals surface area contributed by atoms with Crippen LogP contribution in [0.4, 0.5) is 5.69 Å². The van der Waals surface area contributed by atoms with Crippen molar-refractivity contribution < 1.29 is 9.90 Å². The molecule has 0 aliphatic heterocycles. The molecule has 2 atom stereocenters. The quantitative estimate of drug-likeness (QED) is 0.888. The highest BCUT2D eigenvalue weighted by atomic mass is 32.2. The van der Waals surface area contributed by atoms with Gasteiger partial charge in [-0.05, 0) is 24.0 Å². The smallest absolute Gasteiger partial charge is 0.240 e. The van der Waals surface area contributed by atoms with Gasteiger partial charge in [-0.3, -0.25) is 4.79 Å². The van der Waals surface area contributed by atoms with E-state index in [-0.39, 0.29) is 5.91 Å². The number of aliphatic hydroxyl groups excluding tert-OH is 1. The second-order valence-corrected chi connectivity index (χ2v) is 5.35. The summed E-state index contributed by atoms with van der Waals surface area (Å²) in [7, 11) is 0. The molecule has 104 valence electrons. The number of para-hydroxylation sites is 1. The lowest BCUT2D eigenvalue weighted by Gasteiger charge is -2.20. The number of rotatable bonds is 5. The molecule has 2 rings (SSSR count). The standard InChI is InChI=1S/C16H17NO2S/c1-20-15(14(18)12-8-4-2-5-9-12)16(19)17-13-10-6-3-7-11-13/h2-11,14-15,18H,1H3,(H,17,19). The van der Waals surface area contributed by atoms with Gasteiger partial charge in [0.25, 0.3) is 0 Å². The van der Waals surface area contributed by atoms with Crippen LogP contribution in [0.15, 0.2) is 60.7 Å². The number of carbonyl (C=O) groups excluding carboxylic acids is 1. The Kier molecular flexibility index (Phi) is 5.21. The molecule has 0 fully saturated rings. The molecule has 4 heteroatoms. The van der Waals surface area contributed by atoms with Crippen molar-refractivity contribution in [2.45, 2.75) is 11.4 Å². The Hall–Kier alpha value is -1.78. The van der Waals surface area contributed by atoms with E-state index < -0.39 is 11.4 Å². The van der Waals surface area contributed by atoms with E-state index >= 15 is 0 Å². The van der Waals surface area contributed by atoms with Crippen molar-refractivity contribution in [2.75, 3.05) is 11.6 Å². The summed E-state index contributed by atoms with van der Waals surface area (Å²) in [6, 6.07) is 18.5. The lowest BCUT2D eigenvalue weighted by molar-refractivity contribution is -0.117. The number of hydrogen-bond donors (Lipinski definition) is 2. The second kappa shape index (κ2) is 7.12. The number of hydrogen-bond acceptors (Lipinski definition) is 3. The van der Waals surface area contributed by atoms with Gasteiger partial charge in [0, 0.05) is 5.69 Å². The van der Waals surface area contributed by atoms with Crippen LogP contribution in [0.5, 0.6) is 0 Å². The molecule has 0 saturated carbocycles. The molecular weight excluding hydrogens is 270 g/mol. The Bertz CT molecular complexity index is 545. The normalized spacial score (nSPS) is 13.5. The first kappa shape index (κ1) is 14.6. The van der Waals surface area contributed by atoms with Gasteiger partial charge in [0.1, 0.15) is 5.25 Å². The summed E-state index contributed by atoms with van der Waals surface area (Å²) in [6.45, 7) is 0. The molecule has 0 aliphatic rings. The fraction of sp³-hybridized carbons (Fsp3) is 0.188. The number of amides is 1. The largest absolute Gasteiger partial charge is 0.387 e. The highest BCUT2D eigenvalue weighted by Crippen LogP contribution is 2.26. The van der Waals surface area contributed by atoms with Crippen LogP contribution in [0.2, 0.25) is 0 Å². The third-order valence-electron chi connectivity index (χ3n) is 2.98. The van der Waals surface area contributed by atoms with E-state index in [1.807, 2.05) is 66.9 Å². The summed E-state index contributed by atoms with van der Waals surface area (Å²) in [5.41, 5.74) is 1.48. The third kappa shape index (κ3) is 3.62. The molecule has 0 aliphatic carbocycles. The molecule has 0 bridgehead atoms. The van der Waals surface area contributed by atoms with Crippen LogP contribution < -0.4 is 5.32 Å². The molecule has 0 saturated heterocycles. The van der Waals surface area contributed by atoms with Crippen LogP contribution in [0, 0.1) is 0 Å². The monoisotopic (exact) mass is 287 g/mol. The van der Waals surface area contributed by atoms with E-state index in [0.29, 0.717) is 0 Å². The molecule has 0 spiro atoms. The maximum absolute atomic E-state index is 12.3. The summed E-state index contributed by atoms with van der Waals surface area (Å²) >= 11 is 1.34. The highest BCUT2D eigenvalue weighted by molar-refractivity contribution is 8.00. The summed E-state index contributed by atoms with van der Waals surface area (Å²) in [5, 5.41) is 12.6. The van der Waals surface area contributed by atoms with Crippen LogP contribution in [0.3, 0.4) is 0 Å². The fourth-order valence-electron chi connectivity index (χ4n) is 1.94. The first-order valence-corrected chi connectivity index (χ1v) is 7.63. The Labute approximate surface area is 123 Å². The highest BCUT2D eigenvalue weighted by Gasteiger charge is 2.27. The zero-order valence-electron chi connectivity index (χ0n) is 11.2. The minimum absolute atomic E-state index is 0.194. The summed E-state index contributed by atoms with van der Waals surface area (Å²) in [4.78, 5) is 12.3. The number of aliphatic hydroxyl groups is 1. The summed E-state index contributed by atoms with van der Waals surface area (Å²) in [6.07, 6.45) is 0.997. The average molecular weight is 287 g/mol. The molecule has 1 amide bonds. The summed E-state index contributed by atoms with van der Waals surface area (Å²) < 4.78 is 0. The van der Waals surface area contributed by atoms with E-state index in [9.17, 15) is 9.90 Å². The van der Waals surface area contributed by atoms with Crippen LogP contribution in [0.1, 0.15) is 11.7 Å². The minimum atomic E-state index is -0.824.